The Labute approximate surface area is 167 Å². The van der Waals surface area contributed by atoms with Crippen LogP contribution in [0.15, 0.2) is 29.2 Å². The van der Waals surface area contributed by atoms with E-state index in [0.29, 0.717) is 0 Å². The topological polar surface area (TPSA) is 17.1 Å². The highest BCUT2D eigenvalue weighted by Gasteiger charge is 2.19. The van der Waals surface area contributed by atoms with Gasteiger partial charge in [-0.1, -0.05) is 109 Å². The first-order valence-electron chi connectivity index (χ1n) is 11.0. The van der Waals surface area contributed by atoms with Crippen LogP contribution in [0.25, 0.3) is 0 Å². The molecule has 0 aliphatic rings. The third-order valence-electron chi connectivity index (χ3n) is 5.44. The van der Waals surface area contributed by atoms with E-state index in [0.717, 1.165) is 23.3 Å². The van der Waals surface area contributed by atoms with Crippen molar-refractivity contribution in [2.45, 2.75) is 109 Å². The molecular weight excluding hydrogens is 336 g/mol. The third kappa shape index (κ3) is 9.80. The molecule has 1 rings (SSSR count). The predicted octanol–water partition coefficient (Wildman–Crippen LogP) is 8.28. The number of carbonyl (C=O) groups excluding carboxylic acids is 1. The van der Waals surface area contributed by atoms with Gasteiger partial charge in [-0.05, 0) is 18.9 Å². The van der Waals surface area contributed by atoms with Crippen LogP contribution in [0.5, 0.6) is 0 Å². The van der Waals surface area contributed by atoms with Crippen molar-refractivity contribution in [2.24, 2.45) is 5.92 Å². The molecule has 1 aromatic carbocycles. The first-order chi connectivity index (χ1) is 12.7. The quantitative estimate of drug-likeness (QED) is 0.174. The van der Waals surface area contributed by atoms with Crippen molar-refractivity contribution >= 4 is 18.4 Å². The number of hydrogen-bond donors (Lipinski definition) is 1. The maximum Gasteiger partial charge on any atom is 0.167 e. The van der Waals surface area contributed by atoms with E-state index >= 15 is 0 Å². The monoisotopic (exact) mass is 376 g/mol. The Bertz CT molecular complexity index is 483. The average Bonchev–Trinajstić information content (AvgIpc) is 2.65. The fraction of sp³-hybridized carbons (Fsp3) is 0.708. The molecule has 2 heteroatoms. The van der Waals surface area contributed by atoms with Gasteiger partial charge in [0.2, 0.25) is 0 Å². The summed E-state index contributed by atoms with van der Waals surface area (Å²) < 4.78 is 0. The zero-order valence-electron chi connectivity index (χ0n) is 17.1. The second-order valence-corrected chi connectivity index (χ2v) is 8.15. The number of unbranched alkanes of at least 4 members (excludes halogenated alkanes) is 11. The summed E-state index contributed by atoms with van der Waals surface area (Å²) in [5, 5.41) is 0. The number of benzene rings is 1. The van der Waals surface area contributed by atoms with Crippen LogP contribution in [-0.2, 0) is 0 Å². The van der Waals surface area contributed by atoms with E-state index in [1.54, 1.807) is 0 Å². The summed E-state index contributed by atoms with van der Waals surface area (Å²) in [4.78, 5) is 13.5. The fourth-order valence-electron chi connectivity index (χ4n) is 3.65. The zero-order valence-corrected chi connectivity index (χ0v) is 18.0. The van der Waals surface area contributed by atoms with E-state index in [1.165, 1.54) is 77.0 Å². The number of Topliss-reactive ketones (excluding diaryl/α,β-unsaturated/α-hetero) is 1. The van der Waals surface area contributed by atoms with Gasteiger partial charge in [0, 0.05) is 16.4 Å². The van der Waals surface area contributed by atoms with Crippen molar-refractivity contribution in [1.82, 2.24) is 0 Å². The Kier molecular flexibility index (Phi) is 13.7. The second-order valence-electron chi connectivity index (χ2n) is 7.66. The van der Waals surface area contributed by atoms with Gasteiger partial charge < -0.3 is 0 Å². The van der Waals surface area contributed by atoms with Crippen molar-refractivity contribution in [3.8, 4) is 0 Å². The lowest BCUT2D eigenvalue weighted by molar-refractivity contribution is 0.0904. The highest BCUT2D eigenvalue weighted by Crippen LogP contribution is 2.23. The van der Waals surface area contributed by atoms with E-state index < -0.39 is 0 Å². The summed E-state index contributed by atoms with van der Waals surface area (Å²) >= 11 is 4.44. The molecule has 0 bridgehead atoms. The van der Waals surface area contributed by atoms with Crippen LogP contribution >= 0.6 is 12.6 Å². The highest BCUT2D eigenvalue weighted by atomic mass is 32.1. The summed E-state index contributed by atoms with van der Waals surface area (Å²) in [6.45, 7) is 4.40. The Morgan fingerprint density at radius 2 is 1.31 bits per heavy atom. The summed E-state index contributed by atoms with van der Waals surface area (Å²) in [5.74, 6) is 0.438. The fourth-order valence-corrected chi connectivity index (χ4v) is 3.93. The van der Waals surface area contributed by atoms with Crippen LogP contribution < -0.4 is 0 Å². The van der Waals surface area contributed by atoms with Crippen LogP contribution in [-0.4, -0.2) is 5.78 Å². The first-order valence-corrected chi connectivity index (χ1v) is 11.5. The van der Waals surface area contributed by atoms with Gasteiger partial charge in [-0.25, -0.2) is 0 Å². The van der Waals surface area contributed by atoms with Gasteiger partial charge in [-0.15, -0.1) is 12.6 Å². The molecule has 1 nitrogen and oxygen atoms in total. The van der Waals surface area contributed by atoms with E-state index in [-0.39, 0.29) is 11.7 Å². The Hall–Kier alpha value is -0.760. The van der Waals surface area contributed by atoms with Crippen molar-refractivity contribution in [2.75, 3.05) is 0 Å². The maximum atomic E-state index is 12.7. The minimum absolute atomic E-state index is 0.159. The largest absolute Gasteiger partial charge is 0.294 e. The van der Waals surface area contributed by atoms with Crippen LogP contribution in [0.2, 0.25) is 0 Å². The van der Waals surface area contributed by atoms with E-state index in [1.807, 2.05) is 24.3 Å². The van der Waals surface area contributed by atoms with Crippen molar-refractivity contribution in [3.05, 3.63) is 29.8 Å². The zero-order chi connectivity index (χ0) is 19.0. The first kappa shape index (κ1) is 23.3. The number of thiol groups is 1. The van der Waals surface area contributed by atoms with Gasteiger partial charge in [-0.2, -0.15) is 0 Å². The standard InChI is InChI=1S/C24H40OS/c1-3-5-6-7-8-9-10-11-12-13-14-15-18-21(4-2)24(25)22-19-16-17-20-23(22)26/h16-17,19-21,26H,3-15,18H2,1-2H3. The van der Waals surface area contributed by atoms with E-state index in [2.05, 4.69) is 26.5 Å². The molecule has 0 N–H and O–H groups in total. The number of rotatable bonds is 16. The molecular formula is C24H40OS. The highest BCUT2D eigenvalue weighted by molar-refractivity contribution is 7.80. The van der Waals surface area contributed by atoms with Crippen molar-refractivity contribution in [3.63, 3.8) is 0 Å². The summed E-state index contributed by atoms with van der Waals surface area (Å²) in [6, 6.07) is 7.69. The molecule has 0 fully saturated rings. The van der Waals surface area contributed by atoms with E-state index in [9.17, 15) is 4.79 Å². The van der Waals surface area contributed by atoms with Gasteiger partial charge >= 0.3 is 0 Å². The van der Waals surface area contributed by atoms with Gasteiger partial charge in [0.25, 0.3) is 0 Å². The lowest BCUT2D eigenvalue weighted by Crippen LogP contribution is -2.14. The molecule has 0 aliphatic carbocycles. The molecule has 0 heterocycles. The van der Waals surface area contributed by atoms with Crippen LogP contribution in [0, 0.1) is 5.92 Å². The lowest BCUT2D eigenvalue weighted by atomic mass is 9.90. The molecule has 0 aromatic heterocycles. The van der Waals surface area contributed by atoms with Crippen LogP contribution in [0.3, 0.4) is 0 Å². The molecule has 0 spiro atoms. The van der Waals surface area contributed by atoms with Crippen molar-refractivity contribution in [1.29, 1.82) is 0 Å². The summed E-state index contributed by atoms with van der Waals surface area (Å²) in [6.07, 6.45) is 18.3. The SMILES string of the molecule is CCCCCCCCCCCCCCC(CC)C(=O)c1ccccc1S. The molecule has 0 amide bonds. The number of carbonyl (C=O) groups is 1. The van der Waals surface area contributed by atoms with Gasteiger partial charge in [0.1, 0.15) is 0 Å². The third-order valence-corrected chi connectivity index (χ3v) is 5.83. The normalized spacial score (nSPS) is 12.3. The second kappa shape index (κ2) is 15.3. The van der Waals surface area contributed by atoms with Crippen LogP contribution in [0.4, 0.5) is 0 Å². The minimum Gasteiger partial charge on any atom is -0.294 e. The lowest BCUT2D eigenvalue weighted by Gasteiger charge is -2.14. The van der Waals surface area contributed by atoms with Gasteiger partial charge in [0.15, 0.2) is 5.78 Å². The Morgan fingerprint density at radius 3 is 1.81 bits per heavy atom. The smallest absolute Gasteiger partial charge is 0.167 e. The molecule has 0 saturated heterocycles. The van der Waals surface area contributed by atoms with Crippen molar-refractivity contribution < 1.29 is 4.79 Å². The van der Waals surface area contributed by atoms with Crippen LogP contribution in [0.1, 0.15) is 114 Å². The average molecular weight is 377 g/mol. The summed E-state index contributed by atoms with van der Waals surface area (Å²) in [5.41, 5.74) is 0.793. The maximum absolute atomic E-state index is 12.7. The van der Waals surface area contributed by atoms with E-state index in [4.69, 9.17) is 0 Å². The number of ketones is 1. The van der Waals surface area contributed by atoms with Gasteiger partial charge in [0.05, 0.1) is 0 Å². The summed E-state index contributed by atoms with van der Waals surface area (Å²) in [7, 11) is 0. The molecule has 0 radical (unpaired) electrons. The molecule has 0 saturated carbocycles. The molecule has 1 atom stereocenters. The molecule has 1 unspecified atom stereocenters. The van der Waals surface area contributed by atoms with Gasteiger partial charge in [-0.3, -0.25) is 4.79 Å². The Morgan fingerprint density at radius 1 is 0.808 bits per heavy atom. The molecule has 26 heavy (non-hydrogen) atoms. The molecule has 148 valence electrons. The minimum atomic E-state index is 0.159. The number of hydrogen-bond acceptors (Lipinski definition) is 2. The molecule has 1 aromatic rings. The molecule has 0 aliphatic heterocycles. The Balaban J connectivity index is 2.07. The predicted molar refractivity (Wildman–Crippen MR) is 118 cm³/mol.